The molecule has 0 bridgehead atoms. The van der Waals surface area contributed by atoms with Gasteiger partial charge in [-0.15, -0.1) is 12.4 Å². The highest BCUT2D eigenvalue weighted by Gasteiger charge is 2.21. The number of piperidine rings is 1. The maximum Gasteiger partial charge on any atom is 0.219 e. The largest absolute Gasteiger partial charge is 0.343 e. The first-order valence-electron chi connectivity index (χ1n) is 12.3. The molecule has 0 radical (unpaired) electrons. The number of likely N-dealkylation sites (tertiary alicyclic amines) is 1. The fraction of sp³-hybridized carbons (Fsp3) is 0.500. The number of carbonyl (C=O) groups excluding carboxylic acids is 2. The first-order chi connectivity index (χ1) is 15.6. The highest BCUT2D eigenvalue weighted by Crippen LogP contribution is 2.25. The van der Waals surface area contributed by atoms with E-state index in [2.05, 4.69) is 47.4 Å². The van der Waals surface area contributed by atoms with Crippen molar-refractivity contribution in [2.24, 2.45) is 5.92 Å². The SMILES string of the molecule is CC(=O)N1CCC(CCCC(=O)c2ccc3c(c2)CN(Cc2ccccc2)CCC3)CC1.Cl. The second-order valence-electron chi connectivity index (χ2n) is 9.55. The lowest BCUT2D eigenvalue weighted by Crippen LogP contribution is -2.36. The number of hydrogen-bond donors (Lipinski definition) is 0. The zero-order valence-corrected chi connectivity index (χ0v) is 20.6. The van der Waals surface area contributed by atoms with Crippen LogP contribution in [0.1, 0.15) is 72.5 Å². The summed E-state index contributed by atoms with van der Waals surface area (Å²) in [4.78, 5) is 28.8. The standard InChI is InChI=1S/C28H36N2O2.ClH/c1-22(31)30-17-14-23(15-18-30)9-5-11-28(32)26-13-12-25-10-6-16-29(21-27(25)19-26)20-24-7-3-2-4-8-24;/h2-4,7-8,12-13,19,23H,5-6,9-11,14-18,20-21H2,1H3;1H. The predicted octanol–water partition coefficient (Wildman–Crippen LogP) is 5.67. The number of fused-ring (bicyclic) bond motifs is 1. The van der Waals surface area contributed by atoms with E-state index >= 15 is 0 Å². The molecule has 2 aliphatic heterocycles. The summed E-state index contributed by atoms with van der Waals surface area (Å²) < 4.78 is 0. The molecule has 2 heterocycles. The Bertz CT molecular complexity index is 923. The molecule has 2 aromatic carbocycles. The van der Waals surface area contributed by atoms with Gasteiger partial charge in [0.25, 0.3) is 0 Å². The van der Waals surface area contributed by atoms with E-state index in [1.54, 1.807) is 6.92 Å². The lowest BCUT2D eigenvalue weighted by molar-refractivity contribution is -0.130. The van der Waals surface area contributed by atoms with Crippen LogP contribution in [0.5, 0.6) is 0 Å². The summed E-state index contributed by atoms with van der Waals surface area (Å²) in [7, 11) is 0. The van der Waals surface area contributed by atoms with Crippen LogP contribution in [0.15, 0.2) is 48.5 Å². The Morgan fingerprint density at radius 3 is 2.45 bits per heavy atom. The van der Waals surface area contributed by atoms with Crippen molar-refractivity contribution in [3.63, 3.8) is 0 Å². The van der Waals surface area contributed by atoms with Crippen LogP contribution in [0.25, 0.3) is 0 Å². The van der Waals surface area contributed by atoms with Gasteiger partial charge in [-0.3, -0.25) is 14.5 Å². The summed E-state index contributed by atoms with van der Waals surface area (Å²) in [5.41, 5.74) is 4.93. The van der Waals surface area contributed by atoms with Gasteiger partial charge in [0, 0.05) is 45.1 Å². The van der Waals surface area contributed by atoms with Crippen molar-refractivity contribution in [2.45, 2.75) is 65.0 Å². The summed E-state index contributed by atoms with van der Waals surface area (Å²) in [6, 6.07) is 17.0. The fourth-order valence-corrected chi connectivity index (χ4v) is 5.21. The Kier molecular flexibility index (Phi) is 9.52. The topological polar surface area (TPSA) is 40.6 Å². The van der Waals surface area contributed by atoms with Crippen molar-refractivity contribution in [1.82, 2.24) is 9.80 Å². The Hall–Kier alpha value is -2.17. The van der Waals surface area contributed by atoms with Crippen LogP contribution in [0.3, 0.4) is 0 Å². The van der Waals surface area contributed by atoms with Gasteiger partial charge >= 0.3 is 0 Å². The Balaban J connectivity index is 0.00000306. The molecule has 1 saturated heterocycles. The minimum absolute atomic E-state index is 0. The molecular weight excluding hydrogens is 432 g/mol. The highest BCUT2D eigenvalue weighted by atomic mass is 35.5. The Morgan fingerprint density at radius 2 is 1.73 bits per heavy atom. The predicted molar refractivity (Wildman–Crippen MR) is 136 cm³/mol. The zero-order valence-electron chi connectivity index (χ0n) is 19.8. The lowest BCUT2D eigenvalue weighted by atomic mass is 9.90. The number of hydrogen-bond acceptors (Lipinski definition) is 3. The van der Waals surface area contributed by atoms with Gasteiger partial charge in [0.15, 0.2) is 5.78 Å². The van der Waals surface area contributed by atoms with Crippen LogP contribution in [0.4, 0.5) is 0 Å². The molecule has 178 valence electrons. The number of halogens is 1. The first kappa shape index (κ1) is 25.5. The summed E-state index contributed by atoms with van der Waals surface area (Å²) in [6.45, 7) is 6.37. The van der Waals surface area contributed by atoms with Gasteiger partial charge in [0.2, 0.25) is 5.91 Å². The van der Waals surface area contributed by atoms with E-state index < -0.39 is 0 Å². The maximum absolute atomic E-state index is 12.9. The summed E-state index contributed by atoms with van der Waals surface area (Å²) in [5.74, 6) is 1.11. The third-order valence-corrected chi connectivity index (χ3v) is 7.17. The molecule has 33 heavy (non-hydrogen) atoms. The van der Waals surface area contributed by atoms with Crippen LogP contribution in [0, 0.1) is 5.92 Å². The molecule has 0 saturated carbocycles. The second-order valence-corrected chi connectivity index (χ2v) is 9.55. The van der Waals surface area contributed by atoms with E-state index in [1.807, 2.05) is 11.0 Å². The lowest BCUT2D eigenvalue weighted by Gasteiger charge is -2.31. The minimum Gasteiger partial charge on any atom is -0.343 e. The van der Waals surface area contributed by atoms with Crippen molar-refractivity contribution in [2.75, 3.05) is 19.6 Å². The van der Waals surface area contributed by atoms with Gasteiger partial charge in [0.05, 0.1) is 0 Å². The van der Waals surface area contributed by atoms with Gasteiger partial charge in [0.1, 0.15) is 0 Å². The van der Waals surface area contributed by atoms with E-state index in [-0.39, 0.29) is 24.1 Å². The molecule has 0 aliphatic carbocycles. The summed E-state index contributed by atoms with van der Waals surface area (Å²) >= 11 is 0. The first-order valence-corrected chi connectivity index (χ1v) is 12.3. The van der Waals surface area contributed by atoms with Gasteiger partial charge in [-0.25, -0.2) is 0 Å². The number of amides is 1. The third kappa shape index (κ3) is 7.15. The van der Waals surface area contributed by atoms with Crippen molar-refractivity contribution >= 4 is 24.1 Å². The number of aryl methyl sites for hydroxylation is 1. The van der Waals surface area contributed by atoms with Crippen molar-refractivity contribution < 1.29 is 9.59 Å². The van der Waals surface area contributed by atoms with Gasteiger partial charge in [-0.2, -0.15) is 0 Å². The van der Waals surface area contributed by atoms with Gasteiger partial charge in [-0.1, -0.05) is 42.5 Å². The molecule has 1 amide bonds. The molecule has 0 N–H and O–H groups in total. The number of carbonyl (C=O) groups is 2. The number of rotatable bonds is 7. The maximum atomic E-state index is 12.9. The molecule has 2 aliphatic rings. The molecule has 4 rings (SSSR count). The molecule has 0 spiro atoms. The van der Waals surface area contributed by atoms with Gasteiger partial charge < -0.3 is 4.90 Å². The van der Waals surface area contributed by atoms with E-state index in [9.17, 15) is 9.59 Å². The zero-order chi connectivity index (χ0) is 22.3. The normalized spacial score (nSPS) is 17.1. The molecule has 5 heteroatoms. The summed E-state index contributed by atoms with van der Waals surface area (Å²) in [5, 5.41) is 0. The molecule has 4 nitrogen and oxygen atoms in total. The van der Waals surface area contributed by atoms with Crippen molar-refractivity contribution in [3.05, 3.63) is 70.8 Å². The number of benzene rings is 2. The van der Waals surface area contributed by atoms with E-state index in [0.29, 0.717) is 12.3 Å². The average Bonchev–Trinajstić information content (AvgIpc) is 3.01. The molecule has 0 atom stereocenters. The molecule has 0 aromatic heterocycles. The number of ketones is 1. The van der Waals surface area contributed by atoms with E-state index in [0.717, 1.165) is 76.8 Å². The van der Waals surface area contributed by atoms with E-state index in [4.69, 9.17) is 0 Å². The van der Waals surface area contributed by atoms with Gasteiger partial charge in [-0.05, 0) is 73.7 Å². The van der Waals surface area contributed by atoms with Crippen molar-refractivity contribution in [1.29, 1.82) is 0 Å². The molecule has 2 aromatic rings. The molecule has 1 fully saturated rings. The van der Waals surface area contributed by atoms with Crippen LogP contribution in [-0.4, -0.2) is 41.1 Å². The number of Topliss-reactive ketones (excluding diaryl/α,β-unsaturated/α-hetero) is 1. The fourth-order valence-electron chi connectivity index (χ4n) is 5.21. The molecular formula is C28H37ClN2O2. The Morgan fingerprint density at radius 1 is 0.970 bits per heavy atom. The smallest absolute Gasteiger partial charge is 0.219 e. The van der Waals surface area contributed by atoms with Crippen LogP contribution >= 0.6 is 12.4 Å². The summed E-state index contributed by atoms with van der Waals surface area (Å²) in [6.07, 6.45) is 7.06. The average molecular weight is 469 g/mol. The van der Waals surface area contributed by atoms with Crippen LogP contribution in [-0.2, 0) is 24.3 Å². The van der Waals surface area contributed by atoms with E-state index in [1.165, 1.54) is 16.7 Å². The quantitative estimate of drug-likeness (QED) is 0.491. The monoisotopic (exact) mass is 468 g/mol. The highest BCUT2D eigenvalue weighted by molar-refractivity contribution is 5.96. The Labute approximate surface area is 204 Å². The minimum atomic E-state index is 0. The van der Waals surface area contributed by atoms with Crippen LogP contribution < -0.4 is 0 Å². The van der Waals surface area contributed by atoms with Crippen LogP contribution in [0.2, 0.25) is 0 Å². The second kappa shape index (κ2) is 12.3. The van der Waals surface area contributed by atoms with Crippen molar-refractivity contribution in [3.8, 4) is 0 Å². The number of nitrogens with zero attached hydrogens (tertiary/aromatic N) is 2. The third-order valence-electron chi connectivity index (χ3n) is 7.17. The molecule has 0 unspecified atom stereocenters.